The molecule has 0 aliphatic rings. The summed E-state index contributed by atoms with van der Waals surface area (Å²) in [5.74, 6) is 0.689. The summed E-state index contributed by atoms with van der Waals surface area (Å²) < 4.78 is 0. The maximum Gasteiger partial charge on any atom is 0.225 e. The van der Waals surface area contributed by atoms with Gasteiger partial charge in [-0.15, -0.1) is 0 Å². The van der Waals surface area contributed by atoms with Gasteiger partial charge in [0.05, 0.1) is 5.52 Å². The zero-order valence-corrected chi connectivity index (χ0v) is 12.1. The minimum Gasteiger partial charge on any atom is -0.309 e. The van der Waals surface area contributed by atoms with Crippen molar-refractivity contribution >= 4 is 22.6 Å². The zero-order valence-electron chi connectivity index (χ0n) is 12.1. The molecule has 0 spiro atoms. The van der Waals surface area contributed by atoms with Gasteiger partial charge in [-0.25, -0.2) is 0 Å². The van der Waals surface area contributed by atoms with Crippen LogP contribution in [-0.2, 0) is 4.79 Å². The number of nitrogens with zero attached hydrogens (tertiary/aromatic N) is 1. The molecule has 0 aliphatic carbocycles. The number of H-pyrrole nitrogens is 1. The molecule has 0 fully saturated rings. The highest BCUT2D eigenvalue weighted by atomic mass is 16.1. The van der Waals surface area contributed by atoms with Gasteiger partial charge in [0.15, 0.2) is 5.82 Å². The Morgan fingerprint density at radius 2 is 1.90 bits per heavy atom. The van der Waals surface area contributed by atoms with Gasteiger partial charge in [0, 0.05) is 11.8 Å². The third kappa shape index (κ3) is 4.08. The first-order chi connectivity index (χ1) is 9.81. The third-order valence-corrected chi connectivity index (χ3v) is 3.49. The van der Waals surface area contributed by atoms with Crippen LogP contribution < -0.4 is 5.32 Å². The number of anilines is 1. The summed E-state index contributed by atoms with van der Waals surface area (Å²) in [6.45, 7) is 2.21. The topological polar surface area (TPSA) is 57.8 Å². The van der Waals surface area contributed by atoms with Crippen molar-refractivity contribution in [1.82, 2.24) is 10.2 Å². The number of rotatable bonds is 8. The van der Waals surface area contributed by atoms with E-state index >= 15 is 0 Å². The van der Waals surface area contributed by atoms with E-state index in [2.05, 4.69) is 22.4 Å². The SMILES string of the molecule is CCCCCCCCC(=O)Nc1n[nH]c2ccccc12. The molecule has 0 radical (unpaired) electrons. The van der Waals surface area contributed by atoms with Crippen molar-refractivity contribution in [2.24, 2.45) is 0 Å². The first-order valence-corrected chi connectivity index (χ1v) is 7.54. The number of fused-ring (bicyclic) bond motifs is 1. The van der Waals surface area contributed by atoms with Crippen molar-refractivity contribution in [3.63, 3.8) is 0 Å². The van der Waals surface area contributed by atoms with Crippen molar-refractivity contribution < 1.29 is 4.79 Å². The molecule has 0 saturated carbocycles. The molecule has 4 nitrogen and oxygen atoms in total. The molecule has 4 heteroatoms. The van der Waals surface area contributed by atoms with Crippen LogP contribution in [0.5, 0.6) is 0 Å². The number of para-hydroxylation sites is 1. The Morgan fingerprint density at radius 1 is 1.15 bits per heavy atom. The van der Waals surface area contributed by atoms with Gasteiger partial charge in [-0.05, 0) is 18.6 Å². The number of carbonyl (C=O) groups excluding carboxylic acids is 1. The monoisotopic (exact) mass is 273 g/mol. The molecule has 20 heavy (non-hydrogen) atoms. The molecule has 1 heterocycles. The Kier molecular flexibility index (Phi) is 5.59. The summed E-state index contributed by atoms with van der Waals surface area (Å²) in [6.07, 6.45) is 7.73. The summed E-state index contributed by atoms with van der Waals surface area (Å²) in [6, 6.07) is 7.80. The largest absolute Gasteiger partial charge is 0.309 e. The standard InChI is InChI=1S/C16H23N3O/c1-2-3-4-5-6-7-12-15(20)17-16-13-10-8-9-11-14(13)18-19-16/h8-11H,2-7,12H2,1H3,(H2,17,18,19,20). The maximum absolute atomic E-state index is 11.9. The zero-order chi connectivity index (χ0) is 14.2. The van der Waals surface area contributed by atoms with E-state index in [1.54, 1.807) is 0 Å². The van der Waals surface area contributed by atoms with Crippen molar-refractivity contribution in [2.75, 3.05) is 5.32 Å². The molecule has 0 unspecified atom stereocenters. The van der Waals surface area contributed by atoms with Crippen LogP contribution in [-0.4, -0.2) is 16.1 Å². The van der Waals surface area contributed by atoms with Crippen LogP contribution in [0.25, 0.3) is 10.9 Å². The second-order valence-electron chi connectivity index (χ2n) is 5.18. The van der Waals surface area contributed by atoms with E-state index in [-0.39, 0.29) is 5.91 Å². The smallest absolute Gasteiger partial charge is 0.225 e. The van der Waals surface area contributed by atoms with E-state index in [4.69, 9.17) is 0 Å². The van der Waals surface area contributed by atoms with E-state index in [0.717, 1.165) is 23.7 Å². The Morgan fingerprint density at radius 3 is 2.75 bits per heavy atom. The van der Waals surface area contributed by atoms with Gasteiger partial charge < -0.3 is 5.32 Å². The van der Waals surface area contributed by atoms with Crippen LogP contribution >= 0.6 is 0 Å². The molecule has 0 bridgehead atoms. The van der Waals surface area contributed by atoms with Crippen LogP contribution in [0.3, 0.4) is 0 Å². The summed E-state index contributed by atoms with van der Waals surface area (Å²) >= 11 is 0. The minimum absolute atomic E-state index is 0.0535. The molecule has 1 aromatic heterocycles. The number of amides is 1. The lowest BCUT2D eigenvalue weighted by atomic mass is 10.1. The van der Waals surface area contributed by atoms with Crippen LogP contribution in [0.1, 0.15) is 51.9 Å². The summed E-state index contributed by atoms with van der Waals surface area (Å²) in [7, 11) is 0. The normalized spacial score (nSPS) is 10.8. The van der Waals surface area contributed by atoms with Crippen LogP contribution in [0.2, 0.25) is 0 Å². The van der Waals surface area contributed by atoms with Gasteiger partial charge in [-0.3, -0.25) is 9.89 Å². The number of carbonyl (C=O) groups is 1. The van der Waals surface area contributed by atoms with E-state index in [0.29, 0.717) is 12.2 Å². The third-order valence-electron chi connectivity index (χ3n) is 3.49. The van der Waals surface area contributed by atoms with Gasteiger partial charge in [-0.2, -0.15) is 5.10 Å². The van der Waals surface area contributed by atoms with Gasteiger partial charge in [0.1, 0.15) is 0 Å². The fourth-order valence-electron chi connectivity index (χ4n) is 2.32. The predicted molar refractivity (Wildman–Crippen MR) is 82.7 cm³/mol. The molecule has 108 valence electrons. The molecule has 1 amide bonds. The Bertz CT molecular complexity index is 547. The predicted octanol–water partition coefficient (Wildman–Crippen LogP) is 4.25. The highest BCUT2D eigenvalue weighted by Gasteiger charge is 2.08. The van der Waals surface area contributed by atoms with Crippen molar-refractivity contribution in [2.45, 2.75) is 51.9 Å². The first kappa shape index (κ1) is 14.6. The summed E-state index contributed by atoms with van der Waals surface area (Å²) in [5.41, 5.74) is 0.947. The lowest BCUT2D eigenvalue weighted by Crippen LogP contribution is -2.11. The quantitative estimate of drug-likeness (QED) is 0.706. The van der Waals surface area contributed by atoms with Crippen molar-refractivity contribution in [3.8, 4) is 0 Å². The average Bonchev–Trinajstić information content (AvgIpc) is 2.86. The van der Waals surface area contributed by atoms with Gasteiger partial charge >= 0.3 is 0 Å². The van der Waals surface area contributed by atoms with Crippen LogP contribution in [0.4, 0.5) is 5.82 Å². The fourth-order valence-corrected chi connectivity index (χ4v) is 2.32. The molecular weight excluding hydrogens is 250 g/mol. The molecule has 1 aromatic carbocycles. The molecule has 2 N–H and O–H groups in total. The number of aromatic nitrogens is 2. The number of unbranched alkanes of at least 4 members (excludes halogenated alkanes) is 5. The second-order valence-corrected chi connectivity index (χ2v) is 5.18. The average molecular weight is 273 g/mol. The number of aromatic amines is 1. The number of nitrogens with one attached hydrogen (secondary N) is 2. The molecule has 2 rings (SSSR count). The van der Waals surface area contributed by atoms with Crippen molar-refractivity contribution in [3.05, 3.63) is 24.3 Å². The fraction of sp³-hybridized carbons (Fsp3) is 0.500. The van der Waals surface area contributed by atoms with Gasteiger partial charge in [0.2, 0.25) is 5.91 Å². The van der Waals surface area contributed by atoms with Gasteiger partial charge in [0.25, 0.3) is 0 Å². The van der Waals surface area contributed by atoms with Crippen molar-refractivity contribution in [1.29, 1.82) is 0 Å². The molecule has 0 saturated heterocycles. The lowest BCUT2D eigenvalue weighted by Gasteiger charge is -2.03. The van der Waals surface area contributed by atoms with E-state index in [1.165, 1.54) is 25.7 Å². The Hall–Kier alpha value is -1.84. The van der Waals surface area contributed by atoms with Gasteiger partial charge in [-0.1, -0.05) is 51.2 Å². The number of hydrogen-bond donors (Lipinski definition) is 2. The van der Waals surface area contributed by atoms with Crippen LogP contribution in [0.15, 0.2) is 24.3 Å². The maximum atomic E-state index is 11.9. The first-order valence-electron chi connectivity index (χ1n) is 7.54. The number of hydrogen-bond acceptors (Lipinski definition) is 2. The Labute approximate surface area is 120 Å². The number of benzene rings is 1. The lowest BCUT2D eigenvalue weighted by molar-refractivity contribution is -0.116. The van der Waals surface area contributed by atoms with E-state index in [9.17, 15) is 4.79 Å². The molecule has 2 aromatic rings. The molecular formula is C16H23N3O. The second kappa shape index (κ2) is 7.68. The van der Waals surface area contributed by atoms with E-state index in [1.807, 2.05) is 24.3 Å². The summed E-state index contributed by atoms with van der Waals surface area (Å²) in [4.78, 5) is 11.9. The minimum atomic E-state index is 0.0535. The molecule has 0 atom stereocenters. The van der Waals surface area contributed by atoms with E-state index < -0.39 is 0 Å². The highest BCUT2D eigenvalue weighted by molar-refractivity contribution is 5.99. The molecule has 0 aliphatic heterocycles. The summed E-state index contributed by atoms with van der Waals surface area (Å²) in [5, 5.41) is 10.9. The van der Waals surface area contributed by atoms with Crippen LogP contribution in [0, 0.1) is 0 Å². The Balaban J connectivity index is 1.74. The highest BCUT2D eigenvalue weighted by Crippen LogP contribution is 2.19.